The molecule has 1 fully saturated rings. The average Bonchev–Trinajstić information content (AvgIpc) is 3.07. The van der Waals surface area contributed by atoms with Crippen molar-refractivity contribution in [1.29, 1.82) is 0 Å². The minimum Gasteiger partial charge on any atom is -0.508 e. The summed E-state index contributed by atoms with van der Waals surface area (Å²) >= 11 is 16.1. The zero-order valence-electron chi connectivity index (χ0n) is 25.4. The maximum absolute atomic E-state index is 13.0. The van der Waals surface area contributed by atoms with Gasteiger partial charge in [0.25, 0.3) is 11.8 Å². The molecular weight excluding hydrogens is 735 g/mol. The van der Waals surface area contributed by atoms with Gasteiger partial charge in [0.1, 0.15) is 28.9 Å². The van der Waals surface area contributed by atoms with Crippen molar-refractivity contribution in [2.24, 2.45) is 0 Å². The second kappa shape index (κ2) is 16.2. The number of hydrogen-bond donors (Lipinski definition) is 5. The molecule has 256 valence electrons. The molecule has 2 aromatic carbocycles. The first kappa shape index (κ1) is 36.4. The van der Waals surface area contributed by atoms with Gasteiger partial charge in [-0.25, -0.2) is 9.59 Å². The largest absolute Gasteiger partial charge is 0.508 e. The van der Waals surface area contributed by atoms with Gasteiger partial charge in [-0.1, -0.05) is 35.3 Å². The van der Waals surface area contributed by atoms with Crippen molar-refractivity contribution in [1.82, 2.24) is 15.5 Å². The normalized spacial score (nSPS) is 17.5. The number of benzene rings is 2. The second-order valence-corrected chi connectivity index (χ2v) is 14.9. The number of aromatic nitrogens is 1. The van der Waals surface area contributed by atoms with Gasteiger partial charge in [-0.15, -0.1) is 35.3 Å². The molecular formula is C32H29Cl2N4O8S3+. The SMILES string of the molecule is O=C(C[n+]1ccc(SCC2=C(C(=O)O)N3C(=O)[C@H](NC(=O)CSc4cc(Cl)ccc4Cl)[C@H]3SC2)cc1)NC(Cc1ccc(O)cc1)C(=O)O. The Morgan fingerprint density at radius 2 is 1.71 bits per heavy atom. The fourth-order valence-electron chi connectivity index (χ4n) is 5.03. The number of β-lactam (4-membered cyclic amide) rings is 1. The van der Waals surface area contributed by atoms with E-state index in [2.05, 4.69) is 10.6 Å². The monoisotopic (exact) mass is 763 g/mol. The summed E-state index contributed by atoms with van der Waals surface area (Å²) in [6.45, 7) is -0.127. The van der Waals surface area contributed by atoms with Crippen LogP contribution in [0, 0.1) is 0 Å². The molecule has 1 saturated heterocycles. The molecule has 5 N–H and O–H groups in total. The van der Waals surface area contributed by atoms with E-state index in [0.29, 0.717) is 37.6 Å². The maximum Gasteiger partial charge on any atom is 0.352 e. The van der Waals surface area contributed by atoms with Gasteiger partial charge < -0.3 is 26.0 Å². The second-order valence-electron chi connectivity index (χ2n) is 10.9. The molecule has 0 bridgehead atoms. The fraction of sp³-hybridized carbons (Fsp3) is 0.250. The number of rotatable bonds is 14. The van der Waals surface area contributed by atoms with E-state index in [-0.39, 0.29) is 30.2 Å². The standard InChI is InChI=1S/C32H28Cl2N4O8S3/c33-19-3-6-22(34)24(12-19)48-16-26(41)36-27-29(42)38-28(32(45)46)18(15-49-30(27)38)14-47-21-7-9-37(10-8-21)13-25(40)35-23(31(43)44)11-17-1-4-20(39)5-2-17/h1-10,12,23,27,30H,11,13-16H2,(H4-,35,36,39,40,41,43,44,45,46)/p+1/t23?,27-,30+/m0/s1. The summed E-state index contributed by atoms with van der Waals surface area (Å²) in [5.41, 5.74) is 1.12. The summed E-state index contributed by atoms with van der Waals surface area (Å²) in [7, 11) is 0. The van der Waals surface area contributed by atoms with Crippen molar-refractivity contribution >= 4 is 88.1 Å². The van der Waals surface area contributed by atoms with Gasteiger partial charge in [-0.05, 0) is 41.5 Å². The minimum atomic E-state index is -1.23. The van der Waals surface area contributed by atoms with Crippen LogP contribution in [0.25, 0.3) is 0 Å². The topological polar surface area (TPSA) is 177 Å². The lowest BCUT2D eigenvalue weighted by molar-refractivity contribution is -0.684. The highest BCUT2D eigenvalue weighted by atomic mass is 35.5. The number of halogens is 2. The number of fused-ring (bicyclic) bond motifs is 1. The van der Waals surface area contributed by atoms with Gasteiger partial charge in [0.2, 0.25) is 12.5 Å². The molecule has 5 rings (SSSR count). The van der Waals surface area contributed by atoms with Crippen molar-refractivity contribution in [2.75, 3.05) is 17.3 Å². The van der Waals surface area contributed by atoms with Gasteiger partial charge in [-0.2, -0.15) is 4.57 Å². The van der Waals surface area contributed by atoms with Crippen molar-refractivity contribution in [2.45, 2.75) is 40.2 Å². The molecule has 3 heterocycles. The number of amides is 3. The molecule has 0 spiro atoms. The first-order valence-corrected chi connectivity index (χ1v) is 18.4. The maximum atomic E-state index is 13.0. The number of phenols is 1. The summed E-state index contributed by atoms with van der Waals surface area (Å²) in [6.07, 6.45) is 3.36. The van der Waals surface area contributed by atoms with Crippen LogP contribution in [-0.4, -0.2) is 84.6 Å². The van der Waals surface area contributed by atoms with E-state index in [1.54, 1.807) is 59.4 Å². The number of carbonyl (C=O) groups is 5. The quantitative estimate of drug-likeness (QED) is 0.0924. The van der Waals surface area contributed by atoms with Crippen LogP contribution in [0.2, 0.25) is 10.0 Å². The van der Waals surface area contributed by atoms with Crippen LogP contribution < -0.4 is 15.2 Å². The number of aromatic hydroxyl groups is 1. The predicted molar refractivity (Wildman–Crippen MR) is 186 cm³/mol. The van der Waals surface area contributed by atoms with E-state index < -0.39 is 47.1 Å². The number of carbonyl (C=O) groups excluding carboxylic acids is 3. The summed E-state index contributed by atoms with van der Waals surface area (Å²) in [5.74, 6) is -3.11. The smallest absolute Gasteiger partial charge is 0.352 e. The molecule has 49 heavy (non-hydrogen) atoms. The van der Waals surface area contributed by atoms with E-state index >= 15 is 0 Å². The van der Waals surface area contributed by atoms with Crippen LogP contribution in [0.5, 0.6) is 5.75 Å². The molecule has 0 radical (unpaired) electrons. The van der Waals surface area contributed by atoms with Crippen LogP contribution in [-0.2, 0) is 36.9 Å². The summed E-state index contributed by atoms with van der Waals surface area (Å²) in [5, 5.41) is 34.6. The first-order valence-electron chi connectivity index (χ1n) is 14.6. The summed E-state index contributed by atoms with van der Waals surface area (Å²) in [6, 6.07) is 12.5. The van der Waals surface area contributed by atoms with Gasteiger partial charge in [-0.3, -0.25) is 19.3 Å². The van der Waals surface area contributed by atoms with Crippen LogP contribution in [0.3, 0.4) is 0 Å². The summed E-state index contributed by atoms with van der Waals surface area (Å²) in [4.78, 5) is 64.9. The Morgan fingerprint density at radius 1 is 1.00 bits per heavy atom. The third-order valence-electron chi connectivity index (χ3n) is 7.43. The number of thioether (sulfide) groups is 3. The average molecular weight is 765 g/mol. The molecule has 1 unspecified atom stereocenters. The number of pyridine rings is 1. The van der Waals surface area contributed by atoms with Crippen LogP contribution >= 0.6 is 58.5 Å². The number of hydrogen-bond acceptors (Lipinski definition) is 9. The highest BCUT2D eigenvalue weighted by Gasteiger charge is 2.54. The number of carboxylic acid groups (broad SMARTS) is 2. The molecule has 3 atom stereocenters. The Labute approximate surface area is 303 Å². The van der Waals surface area contributed by atoms with Crippen molar-refractivity contribution < 1.29 is 43.9 Å². The van der Waals surface area contributed by atoms with Crippen molar-refractivity contribution in [3.63, 3.8) is 0 Å². The molecule has 12 nitrogen and oxygen atoms in total. The Balaban J connectivity index is 1.13. The first-order chi connectivity index (χ1) is 23.4. The Bertz CT molecular complexity index is 1810. The molecule has 17 heteroatoms. The molecule has 2 aliphatic rings. The van der Waals surface area contributed by atoms with Gasteiger partial charge in [0.05, 0.1) is 10.8 Å². The molecule has 2 aliphatic heterocycles. The van der Waals surface area contributed by atoms with Crippen molar-refractivity contribution in [3.05, 3.63) is 93.9 Å². The molecule has 1 aromatic heterocycles. The molecule has 3 amide bonds. The summed E-state index contributed by atoms with van der Waals surface area (Å²) < 4.78 is 1.58. The highest BCUT2D eigenvalue weighted by molar-refractivity contribution is 8.01. The number of phenolic OH excluding ortho intramolecular Hbond substituents is 1. The van der Waals surface area contributed by atoms with Gasteiger partial charge >= 0.3 is 11.9 Å². The Hall–Kier alpha value is -3.89. The lowest BCUT2D eigenvalue weighted by atomic mass is 10.0. The van der Waals surface area contributed by atoms with E-state index in [4.69, 9.17) is 23.2 Å². The third kappa shape index (κ3) is 9.22. The minimum absolute atomic E-state index is 0.00360. The van der Waals surface area contributed by atoms with E-state index in [1.165, 1.54) is 52.3 Å². The Morgan fingerprint density at radius 3 is 2.39 bits per heavy atom. The lowest BCUT2D eigenvalue weighted by Crippen LogP contribution is -2.70. The zero-order valence-corrected chi connectivity index (χ0v) is 29.3. The zero-order chi connectivity index (χ0) is 35.2. The van der Waals surface area contributed by atoms with Gasteiger partial charge in [0, 0.05) is 44.9 Å². The lowest BCUT2D eigenvalue weighted by Gasteiger charge is -2.49. The molecule has 0 saturated carbocycles. The molecule has 3 aromatic rings. The van der Waals surface area contributed by atoms with Gasteiger partial charge in [0.15, 0.2) is 12.4 Å². The number of nitrogens with zero attached hydrogens (tertiary/aromatic N) is 2. The van der Waals surface area contributed by atoms with Crippen LogP contribution in [0.15, 0.2) is 88.1 Å². The number of aliphatic carboxylic acids is 2. The van der Waals surface area contributed by atoms with Crippen molar-refractivity contribution in [3.8, 4) is 5.75 Å². The third-order valence-corrected chi connectivity index (χ3v) is 11.6. The van der Waals surface area contributed by atoms with E-state index in [1.807, 2.05) is 0 Å². The number of nitrogens with one attached hydrogen (secondary N) is 2. The number of carboxylic acids is 2. The fourth-order valence-corrected chi connectivity index (χ4v) is 8.70. The van der Waals surface area contributed by atoms with Crippen LogP contribution in [0.4, 0.5) is 0 Å². The van der Waals surface area contributed by atoms with E-state index in [9.17, 15) is 39.3 Å². The van der Waals surface area contributed by atoms with Crippen LogP contribution in [0.1, 0.15) is 5.56 Å². The predicted octanol–water partition coefficient (Wildman–Crippen LogP) is 3.42. The Kier molecular flexibility index (Phi) is 12.0. The highest BCUT2D eigenvalue weighted by Crippen LogP contribution is 2.41. The van der Waals surface area contributed by atoms with E-state index in [0.717, 1.165) is 4.90 Å². The molecule has 0 aliphatic carbocycles.